The molecular formula is C20H18N2O3. The van der Waals surface area contributed by atoms with Crippen LogP contribution in [0, 0.1) is 6.92 Å². The smallest absolute Gasteiger partial charge is 0.338 e. The minimum Gasteiger partial charge on any atom is -0.465 e. The molecule has 1 heterocycles. The SMILES string of the molecule is COC(=O)c1cccc(NC(=O)Cc2cccc3cccnc23)c1C. The molecule has 3 aromatic rings. The van der Waals surface area contributed by atoms with E-state index < -0.39 is 5.97 Å². The Bertz CT molecular complexity index is 945. The number of hydrogen-bond donors (Lipinski definition) is 1. The van der Waals surface area contributed by atoms with E-state index in [9.17, 15) is 9.59 Å². The Labute approximate surface area is 145 Å². The zero-order valence-electron chi connectivity index (χ0n) is 14.1. The average Bonchev–Trinajstić information content (AvgIpc) is 2.63. The summed E-state index contributed by atoms with van der Waals surface area (Å²) in [5.74, 6) is -0.588. The molecule has 126 valence electrons. The Kier molecular flexibility index (Phi) is 4.75. The second kappa shape index (κ2) is 7.13. The van der Waals surface area contributed by atoms with Crippen molar-refractivity contribution in [3.8, 4) is 0 Å². The molecule has 0 bridgehead atoms. The van der Waals surface area contributed by atoms with Crippen LogP contribution >= 0.6 is 0 Å². The Morgan fingerprint density at radius 1 is 1.08 bits per heavy atom. The Morgan fingerprint density at radius 2 is 1.84 bits per heavy atom. The fourth-order valence-corrected chi connectivity index (χ4v) is 2.78. The van der Waals surface area contributed by atoms with Gasteiger partial charge in [0.15, 0.2) is 0 Å². The summed E-state index contributed by atoms with van der Waals surface area (Å²) < 4.78 is 4.76. The highest BCUT2D eigenvalue weighted by Gasteiger charge is 2.14. The molecule has 5 heteroatoms. The molecule has 1 amide bonds. The first kappa shape index (κ1) is 16.6. The third-order valence-corrected chi connectivity index (χ3v) is 4.08. The summed E-state index contributed by atoms with van der Waals surface area (Å²) in [5, 5.41) is 3.87. The number of carbonyl (C=O) groups is 2. The van der Waals surface area contributed by atoms with Crippen LogP contribution in [-0.4, -0.2) is 24.0 Å². The number of rotatable bonds is 4. The Hall–Kier alpha value is -3.21. The highest BCUT2D eigenvalue weighted by molar-refractivity contribution is 5.98. The third kappa shape index (κ3) is 3.50. The van der Waals surface area contributed by atoms with E-state index in [1.165, 1.54) is 7.11 Å². The maximum atomic E-state index is 12.5. The number of benzene rings is 2. The lowest BCUT2D eigenvalue weighted by Crippen LogP contribution is -2.16. The molecule has 0 spiro atoms. The van der Waals surface area contributed by atoms with Gasteiger partial charge in [0, 0.05) is 17.3 Å². The van der Waals surface area contributed by atoms with E-state index in [0.717, 1.165) is 16.5 Å². The van der Waals surface area contributed by atoms with E-state index in [-0.39, 0.29) is 12.3 Å². The van der Waals surface area contributed by atoms with Gasteiger partial charge in [0.2, 0.25) is 5.91 Å². The van der Waals surface area contributed by atoms with Crippen molar-refractivity contribution in [1.29, 1.82) is 0 Å². The van der Waals surface area contributed by atoms with Gasteiger partial charge in [-0.3, -0.25) is 9.78 Å². The second-order valence-electron chi connectivity index (χ2n) is 5.69. The molecule has 1 N–H and O–H groups in total. The number of aromatic nitrogens is 1. The highest BCUT2D eigenvalue weighted by atomic mass is 16.5. The summed E-state index contributed by atoms with van der Waals surface area (Å²) in [4.78, 5) is 28.6. The van der Waals surface area contributed by atoms with Crippen LogP contribution in [0.4, 0.5) is 5.69 Å². The molecule has 0 unspecified atom stereocenters. The van der Waals surface area contributed by atoms with Crippen LogP contribution in [0.2, 0.25) is 0 Å². The fraction of sp³-hybridized carbons (Fsp3) is 0.150. The van der Waals surface area contributed by atoms with Crippen molar-refractivity contribution in [3.05, 3.63) is 71.4 Å². The first-order valence-corrected chi connectivity index (χ1v) is 7.90. The second-order valence-corrected chi connectivity index (χ2v) is 5.69. The van der Waals surface area contributed by atoms with Crippen LogP contribution < -0.4 is 5.32 Å². The number of nitrogens with one attached hydrogen (secondary N) is 1. The van der Waals surface area contributed by atoms with Gasteiger partial charge in [0.05, 0.1) is 24.6 Å². The van der Waals surface area contributed by atoms with E-state index in [2.05, 4.69) is 10.3 Å². The number of para-hydroxylation sites is 1. The number of carbonyl (C=O) groups excluding carboxylic acids is 2. The van der Waals surface area contributed by atoms with Crippen molar-refractivity contribution in [3.63, 3.8) is 0 Å². The first-order valence-electron chi connectivity index (χ1n) is 7.90. The normalized spacial score (nSPS) is 10.5. The molecule has 25 heavy (non-hydrogen) atoms. The summed E-state index contributed by atoms with van der Waals surface area (Å²) in [5.41, 5.74) is 3.39. The van der Waals surface area contributed by atoms with E-state index >= 15 is 0 Å². The molecular weight excluding hydrogens is 316 g/mol. The molecule has 3 rings (SSSR count). The maximum Gasteiger partial charge on any atom is 0.338 e. The molecule has 0 aliphatic heterocycles. The van der Waals surface area contributed by atoms with Crippen LogP contribution in [0.3, 0.4) is 0 Å². The molecule has 0 atom stereocenters. The molecule has 0 radical (unpaired) electrons. The molecule has 2 aromatic carbocycles. The van der Waals surface area contributed by atoms with Gasteiger partial charge in [0.25, 0.3) is 0 Å². The zero-order chi connectivity index (χ0) is 17.8. The number of methoxy groups -OCH3 is 1. The van der Waals surface area contributed by atoms with Gasteiger partial charge in [-0.15, -0.1) is 0 Å². The lowest BCUT2D eigenvalue weighted by molar-refractivity contribution is -0.115. The predicted molar refractivity (Wildman–Crippen MR) is 96.6 cm³/mol. The topological polar surface area (TPSA) is 68.3 Å². The highest BCUT2D eigenvalue weighted by Crippen LogP contribution is 2.21. The number of ether oxygens (including phenoxy) is 1. The number of nitrogens with zero attached hydrogens (tertiary/aromatic N) is 1. The summed E-state index contributed by atoms with van der Waals surface area (Å²) >= 11 is 0. The molecule has 0 fully saturated rings. The molecule has 0 aliphatic rings. The van der Waals surface area contributed by atoms with Gasteiger partial charge in [-0.05, 0) is 36.2 Å². The fourth-order valence-electron chi connectivity index (χ4n) is 2.78. The van der Waals surface area contributed by atoms with Crippen molar-refractivity contribution < 1.29 is 14.3 Å². The van der Waals surface area contributed by atoms with E-state index in [4.69, 9.17) is 4.74 Å². The van der Waals surface area contributed by atoms with Gasteiger partial charge in [-0.1, -0.05) is 30.3 Å². The van der Waals surface area contributed by atoms with Crippen molar-refractivity contribution >= 4 is 28.5 Å². The van der Waals surface area contributed by atoms with Crippen molar-refractivity contribution in [2.45, 2.75) is 13.3 Å². The Morgan fingerprint density at radius 3 is 2.64 bits per heavy atom. The minimum atomic E-state index is -0.424. The van der Waals surface area contributed by atoms with E-state index in [1.807, 2.05) is 30.3 Å². The molecule has 5 nitrogen and oxygen atoms in total. The van der Waals surface area contributed by atoms with Crippen molar-refractivity contribution in [1.82, 2.24) is 4.98 Å². The number of pyridine rings is 1. The largest absolute Gasteiger partial charge is 0.465 e. The monoisotopic (exact) mass is 334 g/mol. The molecule has 0 aliphatic carbocycles. The van der Waals surface area contributed by atoms with Crippen molar-refractivity contribution in [2.24, 2.45) is 0 Å². The number of esters is 1. The molecule has 0 saturated carbocycles. The third-order valence-electron chi connectivity index (χ3n) is 4.08. The molecule has 0 saturated heterocycles. The summed E-state index contributed by atoms with van der Waals surface area (Å²) in [6.45, 7) is 1.78. The van der Waals surface area contributed by atoms with Crippen LogP contribution in [-0.2, 0) is 16.0 Å². The number of fused-ring (bicyclic) bond motifs is 1. The van der Waals surface area contributed by atoms with Gasteiger partial charge >= 0.3 is 5.97 Å². The summed E-state index contributed by atoms with van der Waals surface area (Å²) in [6, 6.07) is 14.8. The first-order chi connectivity index (χ1) is 12.1. The molecule has 1 aromatic heterocycles. The number of hydrogen-bond acceptors (Lipinski definition) is 4. The summed E-state index contributed by atoms with van der Waals surface area (Å²) in [7, 11) is 1.33. The lowest BCUT2D eigenvalue weighted by atomic mass is 10.0. The van der Waals surface area contributed by atoms with E-state index in [1.54, 1.807) is 31.3 Å². The quantitative estimate of drug-likeness (QED) is 0.741. The Balaban J connectivity index is 1.82. The van der Waals surface area contributed by atoms with Crippen LogP contribution in [0.15, 0.2) is 54.7 Å². The van der Waals surface area contributed by atoms with Crippen LogP contribution in [0.25, 0.3) is 10.9 Å². The van der Waals surface area contributed by atoms with Crippen LogP contribution in [0.1, 0.15) is 21.5 Å². The number of anilines is 1. The predicted octanol–water partition coefficient (Wildman–Crippen LogP) is 3.51. The van der Waals surface area contributed by atoms with Gasteiger partial charge < -0.3 is 10.1 Å². The zero-order valence-corrected chi connectivity index (χ0v) is 14.1. The van der Waals surface area contributed by atoms with Crippen molar-refractivity contribution in [2.75, 3.05) is 12.4 Å². The number of amides is 1. The lowest BCUT2D eigenvalue weighted by Gasteiger charge is -2.12. The van der Waals surface area contributed by atoms with Gasteiger partial charge in [0.1, 0.15) is 0 Å². The van der Waals surface area contributed by atoms with Crippen LogP contribution in [0.5, 0.6) is 0 Å². The maximum absolute atomic E-state index is 12.5. The minimum absolute atomic E-state index is 0.164. The average molecular weight is 334 g/mol. The standard InChI is InChI=1S/C20H18N2O3/c1-13-16(20(24)25-2)9-4-10-17(13)22-18(23)12-15-7-3-6-14-8-5-11-21-19(14)15/h3-11H,12H2,1-2H3,(H,22,23). The summed E-state index contributed by atoms with van der Waals surface area (Å²) in [6.07, 6.45) is 1.92. The van der Waals surface area contributed by atoms with Gasteiger partial charge in [-0.25, -0.2) is 4.79 Å². The van der Waals surface area contributed by atoms with E-state index in [0.29, 0.717) is 16.8 Å². The van der Waals surface area contributed by atoms with Gasteiger partial charge in [-0.2, -0.15) is 0 Å².